The van der Waals surface area contributed by atoms with Crippen LogP contribution >= 0.6 is 14.7 Å². The summed E-state index contributed by atoms with van der Waals surface area (Å²) in [4.78, 5) is 20.2. The van der Waals surface area contributed by atoms with Crippen molar-refractivity contribution in [3.8, 4) is 0 Å². The fourth-order valence-electron chi connectivity index (χ4n) is 4.25. The Hall–Kier alpha value is -1.80. The molecular formula is C21H22O4P2. The van der Waals surface area contributed by atoms with Gasteiger partial charge in [-0.15, -0.1) is 0 Å². The van der Waals surface area contributed by atoms with E-state index in [0.717, 1.165) is 28.8 Å². The van der Waals surface area contributed by atoms with Crippen LogP contribution in [0.5, 0.6) is 0 Å². The van der Waals surface area contributed by atoms with Crippen LogP contribution in [0.1, 0.15) is 12.8 Å². The molecule has 0 heterocycles. The van der Waals surface area contributed by atoms with Gasteiger partial charge in [0.05, 0.1) is 0 Å². The van der Waals surface area contributed by atoms with E-state index in [0.29, 0.717) is 0 Å². The van der Waals surface area contributed by atoms with Crippen molar-refractivity contribution >= 4 is 30.6 Å². The van der Waals surface area contributed by atoms with Crippen molar-refractivity contribution < 1.29 is 18.7 Å². The summed E-state index contributed by atoms with van der Waals surface area (Å²) in [5, 5.41) is 2.56. The Balaban J connectivity index is 2.21. The molecule has 4 nitrogen and oxygen atoms in total. The second-order valence-electron chi connectivity index (χ2n) is 6.91. The van der Waals surface area contributed by atoms with E-state index in [4.69, 9.17) is 4.31 Å². The Morgan fingerprint density at radius 3 is 1.30 bits per heavy atom. The van der Waals surface area contributed by atoms with Crippen molar-refractivity contribution in [2.45, 2.75) is 18.5 Å². The standard InChI is InChI=1S/C21H22O4P2/c22-26(23,24)25-27(21-16-17-21,18-10-4-1-5-11-18,19-12-6-2-7-13-19)20-14-8-3-9-15-20/h1-15,21H,16-17H2,(H2,22,23,24). The molecule has 2 N–H and O–H groups in total. The normalized spacial score (nSPS) is 16.4. The molecule has 3 aromatic rings. The number of hydrogen-bond donors (Lipinski definition) is 2. The Morgan fingerprint density at radius 1 is 0.704 bits per heavy atom. The van der Waals surface area contributed by atoms with Crippen LogP contribution in [0.15, 0.2) is 91.0 Å². The van der Waals surface area contributed by atoms with E-state index < -0.39 is 14.7 Å². The van der Waals surface area contributed by atoms with Gasteiger partial charge in [-0.05, 0) is 0 Å². The van der Waals surface area contributed by atoms with Gasteiger partial charge in [0.2, 0.25) is 0 Å². The van der Waals surface area contributed by atoms with Crippen LogP contribution in [0.4, 0.5) is 0 Å². The van der Waals surface area contributed by atoms with Crippen molar-refractivity contribution in [1.29, 1.82) is 0 Å². The molecule has 4 rings (SSSR count). The maximum absolute atomic E-state index is 12.4. The van der Waals surface area contributed by atoms with Crippen molar-refractivity contribution in [2.75, 3.05) is 0 Å². The van der Waals surface area contributed by atoms with Gasteiger partial charge in [0, 0.05) is 0 Å². The molecule has 0 amide bonds. The van der Waals surface area contributed by atoms with Crippen molar-refractivity contribution in [3.63, 3.8) is 0 Å². The average molecular weight is 400 g/mol. The summed E-state index contributed by atoms with van der Waals surface area (Å²) in [7, 11) is -4.80. The number of benzene rings is 3. The minimum atomic E-state index is -4.80. The zero-order chi connectivity index (χ0) is 19.0. The molecule has 140 valence electrons. The van der Waals surface area contributed by atoms with Crippen LogP contribution in [0.3, 0.4) is 0 Å². The van der Waals surface area contributed by atoms with Crippen molar-refractivity contribution in [1.82, 2.24) is 0 Å². The summed E-state index contributed by atoms with van der Waals surface area (Å²) in [5.74, 6) is 0. The van der Waals surface area contributed by atoms with Gasteiger partial charge in [-0.1, -0.05) is 0 Å². The summed E-state index contributed by atoms with van der Waals surface area (Å²) in [6, 6.07) is 28.9. The topological polar surface area (TPSA) is 66.8 Å². The Morgan fingerprint density at radius 2 is 1.04 bits per heavy atom. The van der Waals surface area contributed by atoms with Gasteiger partial charge < -0.3 is 0 Å². The summed E-state index contributed by atoms with van der Waals surface area (Å²) in [6.45, 7) is -3.86. The van der Waals surface area contributed by atoms with Gasteiger partial charge in [0.25, 0.3) is 0 Å². The Bertz CT molecular complexity index is 867. The van der Waals surface area contributed by atoms with E-state index in [1.165, 1.54) is 0 Å². The van der Waals surface area contributed by atoms with Crippen molar-refractivity contribution in [3.05, 3.63) is 91.0 Å². The number of phosphoric acid groups is 1. The van der Waals surface area contributed by atoms with Crippen LogP contribution in [0.25, 0.3) is 0 Å². The Kier molecular flexibility index (Phi) is 4.58. The number of hydrogen-bond acceptors (Lipinski definition) is 2. The third kappa shape index (κ3) is 2.89. The van der Waals surface area contributed by atoms with E-state index in [9.17, 15) is 14.4 Å². The van der Waals surface area contributed by atoms with E-state index in [1.54, 1.807) is 0 Å². The van der Waals surface area contributed by atoms with Crippen LogP contribution in [-0.2, 0) is 8.88 Å². The molecule has 1 aliphatic carbocycles. The predicted octanol–water partition coefficient (Wildman–Crippen LogP) is 3.70. The molecule has 0 atom stereocenters. The monoisotopic (exact) mass is 400 g/mol. The molecule has 0 radical (unpaired) electrons. The van der Waals surface area contributed by atoms with E-state index in [2.05, 4.69) is 0 Å². The third-order valence-electron chi connectivity index (χ3n) is 5.33. The molecule has 1 saturated carbocycles. The number of rotatable bonds is 6. The molecule has 3 aromatic carbocycles. The molecule has 6 heteroatoms. The first-order chi connectivity index (χ1) is 13.0. The molecule has 0 saturated heterocycles. The molecule has 0 unspecified atom stereocenters. The first-order valence-electron chi connectivity index (χ1n) is 8.93. The van der Waals surface area contributed by atoms with Gasteiger partial charge in [0.15, 0.2) is 0 Å². The van der Waals surface area contributed by atoms with E-state index in [1.807, 2.05) is 91.0 Å². The molecule has 0 bridgehead atoms. The summed E-state index contributed by atoms with van der Waals surface area (Å²) >= 11 is 0. The van der Waals surface area contributed by atoms with Gasteiger partial charge in [-0.2, -0.15) is 0 Å². The molecule has 1 aliphatic rings. The van der Waals surface area contributed by atoms with Gasteiger partial charge >= 0.3 is 159 Å². The summed E-state index contributed by atoms with van der Waals surface area (Å²) < 4.78 is 18.5. The first kappa shape index (κ1) is 18.6. The Labute approximate surface area is 159 Å². The molecule has 0 spiro atoms. The quantitative estimate of drug-likeness (QED) is 0.620. The SMILES string of the molecule is O=P(O)(O)OP(c1ccccc1)(c1ccccc1)(c1ccccc1)C1CC1. The van der Waals surface area contributed by atoms with Crippen molar-refractivity contribution in [2.24, 2.45) is 0 Å². The zero-order valence-electron chi connectivity index (χ0n) is 14.8. The maximum atomic E-state index is 12.4. The molecule has 1 fully saturated rings. The first-order valence-corrected chi connectivity index (χ1v) is 12.7. The fourth-order valence-corrected chi connectivity index (χ4v) is 13.3. The summed E-state index contributed by atoms with van der Waals surface area (Å²) in [6.07, 6.45) is 1.74. The minimum absolute atomic E-state index is 0.0378. The second kappa shape index (κ2) is 6.67. The van der Waals surface area contributed by atoms with Gasteiger partial charge in [0.1, 0.15) is 0 Å². The predicted molar refractivity (Wildman–Crippen MR) is 111 cm³/mol. The fraction of sp³-hybridized carbons (Fsp3) is 0.143. The van der Waals surface area contributed by atoms with Crippen LogP contribution < -0.4 is 15.9 Å². The molecule has 0 aromatic heterocycles. The van der Waals surface area contributed by atoms with E-state index in [-0.39, 0.29) is 5.66 Å². The molecule has 0 aliphatic heterocycles. The van der Waals surface area contributed by atoms with Gasteiger partial charge in [-0.25, -0.2) is 0 Å². The van der Waals surface area contributed by atoms with Crippen LogP contribution in [0.2, 0.25) is 0 Å². The molecule has 27 heavy (non-hydrogen) atoms. The van der Waals surface area contributed by atoms with Crippen LogP contribution in [0, 0.1) is 0 Å². The van der Waals surface area contributed by atoms with Gasteiger partial charge in [-0.3, -0.25) is 0 Å². The van der Waals surface area contributed by atoms with Crippen LogP contribution in [-0.4, -0.2) is 15.4 Å². The second-order valence-corrected chi connectivity index (χ2v) is 13.0. The average Bonchev–Trinajstić information content (AvgIpc) is 3.54. The molecular weight excluding hydrogens is 378 g/mol. The third-order valence-corrected chi connectivity index (χ3v) is 13.4. The summed E-state index contributed by atoms with van der Waals surface area (Å²) in [5.41, 5.74) is 0.0378. The zero-order valence-corrected chi connectivity index (χ0v) is 16.5. The van der Waals surface area contributed by atoms with E-state index >= 15 is 0 Å².